The molecule has 4 heteroatoms. The van der Waals surface area contributed by atoms with Crippen molar-refractivity contribution in [3.8, 4) is 0 Å². The molecule has 0 radical (unpaired) electrons. The van der Waals surface area contributed by atoms with Crippen LogP contribution in [0.4, 0.5) is 0 Å². The van der Waals surface area contributed by atoms with Gasteiger partial charge in [0.15, 0.2) is 0 Å². The van der Waals surface area contributed by atoms with Gasteiger partial charge in [-0.2, -0.15) is 0 Å². The molecule has 1 aliphatic carbocycles. The average Bonchev–Trinajstić information content (AvgIpc) is 2.50. The van der Waals surface area contributed by atoms with Crippen LogP contribution in [0.2, 0.25) is 5.02 Å². The quantitative estimate of drug-likeness (QED) is 0.853. The maximum absolute atomic E-state index is 12.8. The Kier molecular flexibility index (Phi) is 6.72. The van der Waals surface area contributed by atoms with E-state index in [1.54, 1.807) is 0 Å². The van der Waals surface area contributed by atoms with E-state index in [1.165, 1.54) is 19.3 Å². The first-order valence-electron chi connectivity index (χ1n) is 7.95. The van der Waals surface area contributed by atoms with Gasteiger partial charge in [0.25, 0.3) is 0 Å². The molecule has 0 saturated heterocycles. The van der Waals surface area contributed by atoms with Crippen molar-refractivity contribution in [3.05, 3.63) is 34.9 Å². The van der Waals surface area contributed by atoms with Crippen molar-refractivity contribution >= 4 is 22.4 Å². The lowest BCUT2D eigenvalue weighted by Gasteiger charge is -2.35. The predicted octanol–water partition coefficient (Wildman–Crippen LogP) is 4.13. The molecule has 1 saturated carbocycles. The van der Waals surface area contributed by atoms with E-state index in [0.717, 1.165) is 29.3 Å². The summed E-state index contributed by atoms with van der Waals surface area (Å²) in [6, 6.07) is 7.69. The fourth-order valence-electron chi connectivity index (χ4n) is 3.39. The maximum Gasteiger partial charge on any atom is 0.0488 e. The first kappa shape index (κ1) is 17.0. The SMILES string of the molecule is CCCC1CCC(CN)C(S(=O)Cc2ccc(Cl)cc2)C1. The Labute approximate surface area is 135 Å². The zero-order chi connectivity index (χ0) is 15.2. The van der Waals surface area contributed by atoms with Crippen molar-refractivity contribution < 1.29 is 4.21 Å². The molecule has 4 unspecified atom stereocenters. The summed E-state index contributed by atoms with van der Waals surface area (Å²) in [5.41, 5.74) is 7.02. The normalized spacial score (nSPS) is 27.5. The zero-order valence-corrected chi connectivity index (χ0v) is 14.3. The highest BCUT2D eigenvalue weighted by molar-refractivity contribution is 7.84. The van der Waals surface area contributed by atoms with Crippen molar-refractivity contribution in [1.82, 2.24) is 0 Å². The van der Waals surface area contributed by atoms with Crippen molar-refractivity contribution in [2.24, 2.45) is 17.6 Å². The van der Waals surface area contributed by atoms with Gasteiger partial charge in [-0.1, -0.05) is 49.9 Å². The smallest absolute Gasteiger partial charge is 0.0488 e. The molecule has 0 aliphatic heterocycles. The third-order valence-electron chi connectivity index (χ3n) is 4.60. The maximum atomic E-state index is 12.8. The van der Waals surface area contributed by atoms with Crippen LogP contribution >= 0.6 is 11.6 Å². The largest absolute Gasteiger partial charge is 0.330 e. The number of nitrogens with two attached hydrogens (primary N) is 1. The summed E-state index contributed by atoms with van der Waals surface area (Å²) in [7, 11) is -0.841. The van der Waals surface area contributed by atoms with Crippen LogP contribution in [0.15, 0.2) is 24.3 Å². The minimum absolute atomic E-state index is 0.260. The van der Waals surface area contributed by atoms with Gasteiger partial charge in [0, 0.05) is 26.8 Å². The van der Waals surface area contributed by atoms with E-state index in [-0.39, 0.29) is 5.25 Å². The van der Waals surface area contributed by atoms with Gasteiger partial charge in [-0.15, -0.1) is 0 Å². The zero-order valence-electron chi connectivity index (χ0n) is 12.8. The molecule has 1 aromatic rings. The Hall–Kier alpha value is -0.380. The Balaban J connectivity index is 2.01. The molecule has 0 heterocycles. The van der Waals surface area contributed by atoms with Gasteiger partial charge in [-0.25, -0.2) is 0 Å². The standard InChI is InChI=1S/C17H26ClNOS/c1-2-3-13-4-7-15(11-19)17(10-13)21(20)12-14-5-8-16(18)9-6-14/h5-6,8-9,13,15,17H,2-4,7,10-12,19H2,1H3. The molecular formula is C17H26ClNOS. The predicted molar refractivity (Wildman–Crippen MR) is 91.9 cm³/mol. The Morgan fingerprint density at radius 3 is 2.62 bits per heavy atom. The first-order valence-corrected chi connectivity index (χ1v) is 9.71. The fraction of sp³-hybridized carbons (Fsp3) is 0.647. The Morgan fingerprint density at radius 2 is 2.00 bits per heavy atom. The van der Waals surface area contributed by atoms with Crippen LogP contribution in [0.3, 0.4) is 0 Å². The van der Waals surface area contributed by atoms with E-state index in [0.29, 0.717) is 18.2 Å². The Morgan fingerprint density at radius 1 is 1.29 bits per heavy atom. The number of hydrogen-bond acceptors (Lipinski definition) is 2. The molecule has 2 N–H and O–H groups in total. The molecule has 1 aliphatic rings. The van der Waals surface area contributed by atoms with Gasteiger partial charge in [0.05, 0.1) is 0 Å². The van der Waals surface area contributed by atoms with E-state index in [1.807, 2.05) is 24.3 Å². The molecule has 2 rings (SSSR count). The monoisotopic (exact) mass is 327 g/mol. The molecule has 0 bridgehead atoms. The van der Waals surface area contributed by atoms with Crippen molar-refractivity contribution in [3.63, 3.8) is 0 Å². The van der Waals surface area contributed by atoms with Gasteiger partial charge >= 0.3 is 0 Å². The summed E-state index contributed by atoms with van der Waals surface area (Å²) in [5, 5.41) is 0.987. The molecule has 2 nitrogen and oxygen atoms in total. The summed E-state index contributed by atoms with van der Waals surface area (Å²) < 4.78 is 12.8. The highest BCUT2D eigenvalue weighted by atomic mass is 35.5. The molecule has 0 aromatic heterocycles. The summed E-state index contributed by atoms with van der Waals surface area (Å²) in [6.45, 7) is 2.89. The highest BCUT2D eigenvalue weighted by Crippen LogP contribution is 2.35. The van der Waals surface area contributed by atoms with Crippen molar-refractivity contribution in [2.45, 2.75) is 50.0 Å². The topological polar surface area (TPSA) is 43.1 Å². The van der Waals surface area contributed by atoms with Crippen LogP contribution in [0.25, 0.3) is 0 Å². The number of benzene rings is 1. The van der Waals surface area contributed by atoms with Crippen LogP contribution in [0.5, 0.6) is 0 Å². The molecular weight excluding hydrogens is 302 g/mol. The molecule has 4 atom stereocenters. The highest BCUT2D eigenvalue weighted by Gasteiger charge is 2.33. The average molecular weight is 328 g/mol. The van der Waals surface area contributed by atoms with Gasteiger partial charge in [-0.05, 0) is 48.9 Å². The third-order valence-corrected chi connectivity index (χ3v) is 6.72. The van der Waals surface area contributed by atoms with Crippen LogP contribution in [-0.2, 0) is 16.6 Å². The van der Waals surface area contributed by atoms with Gasteiger partial charge in [-0.3, -0.25) is 4.21 Å². The minimum Gasteiger partial charge on any atom is -0.330 e. The second-order valence-corrected chi connectivity index (χ2v) is 8.25. The number of hydrogen-bond donors (Lipinski definition) is 1. The molecule has 0 amide bonds. The summed E-state index contributed by atoms with van der Waals surface area (Å²) in [6.07, 6.45) is 5.94. The van der Waals surface area contributed by atoms with Gasteiger partial charge in [0.1, 0.15) is 0 Å². The molecule has 21 heavy (non-hydrogen) atoms. The minimum atomic E-state index is -0.841. The summed E-state index contributed by atoms with van der Waals surface area (Å²) in [4.78, 5) is 0. The van der Waals surface area contributed by atoms with E-state index in [4.69, 9.17) is 17.3 Å². The fourth-order valence-corrected chi connectivity index (χ4v) is 5.41. The Bertz CT molecular complexity index is 462. The lowest BCUT2D eigenvalue weighted by molar-refractivity contribution is 0.272. The van der Waals surface area contributed by atoms with E-state index < -0.39 is 10.8 Å². The van der Waals surface area contributed by atoms with Crippen LogP contribution in [-0.4, -0.2) is 16.0 Å². The van der Waals surface area contributed by atoms with Crippen LogP contribution in [0, 0.1) is 11.8 Å². The van der Waals surface area contributed by atoms with Crippen molar-refractivity contribution in [1.29, 1.82) is 0 Å². The van der Waals surface area contributed by atoms with E-state index >= 15 is 0 Å². The molecule has 1 fully saturated rings. The second kappa shape index (κ2) is 8.30. The van der Waals surface area contributed by atoms with E-state index in [9.17, 15) is 4.21 Å². The summed E-state index contributed by atoms with van der Waals surface area (Å²) in [5.74, 6) is 1.78. The molecule has 118 valence electrons. The number of rotatable bonds is 6. The lowest BCUT2D eigenvalue weighted by atomic mass is 9.80. The second-order valence-electron chi connectivity index (χ2n) is 6.15. The first-order chi connectivity index (χ1) is 10.1. The van der Waals surface area contributed by atoms with Gasteiger partial charge in [0.2, 0.25) is 0 Å². The summed E-state index contributed by atoms with van der Waals surface area (Å²) >= 11 is 5.90. The van der Waals surface area contributed by atoms with E-state index in [2.05, 4.69) is 6.92 Å². The third kappa shape index (κ3) is 4.80. The number of halogens is 1. The van der Waals surface area contributed by atoms with Crippen molar-refractivity contribution in [2.75, 3.05) is 6.54 Å². The lowest BCUT2D eigenvalue weighted by Crippen LogP contribution is -2.37. The molecule has 1 aromatic carbocycles. The van der Waals surface area contributed by atoms with Crippen LogP contribution in [0.1, 0.15) is 44.6 Å². The van der Waals surface area contributed by atoms with Crippen LogP contribution < -0.4 is 5.73 Å². The van der Waals surface area contributed by atoms with Gasteiger partial charge < -0.3 is 5.73 Å². The molecule has 0 spiro atoms.